The molecule has 0 bridgehead atoms. The summed E-state index contributed by atoms with van der Waals surface area (Å²) < 4.78 is 1.42. The minimum Gasteiger partial charge on any atom is -0.389 e. The number of aromatic nitrogens is 6. The molecule has 172 valence electrons. The Morgan fingerprint density at radius 3 is 2.55 bits per heavy atom. The summed E-state index contributed by atoms with van der Waals surface area (Å²) in [5.74, 6) is -0.539. The molecular formula is C21H25N9O3. The van der Waals surface area contributed by atoms with Crippen molar-refractivity contribution in [1.29, 1.82) is 0 Å². The van der Waals surface area contributed by atoms with Crippen LogP contribution in [0.3, 0.4) is 0 Å². The Labute approximate surface area is 189 Å². The van der Waals surface area contributed by atoms with Gasteiger partial charge < -0.3 is 21.1 Å². The monoisotopic (exact) mass is 451 g/mol. The molecule has 3 aromatic rings. The zero-order chi connectivity index (χ0) is 23.6. The third-order valence-corrected chi connectivity index (χ3v) is 4.80. The van der Waals surface area contributed by atoms with Gasteiger partial charge in [0, 0.05) is 25.7 Å². The van der Waals surface area contributed by atoms with E-state index in [1.165, 1.54) is 17.2 Å². The van der Waals surface area contributed by atoms with Crippen molar-refractivity contribution in [3.05, 3.63) is 48.2 Å². The minimum atomic E-state index is -1.09. The molecule has 0 spiro atoms. The van der Waals surface area contributed by atoms with Crippen LogP contribution in [-0.2, 0) is 7.05 Å². The molecule has 1 fully saturated rings. The number of amides is 2. The van der Waals surface area contributed by atoms with Crippen LogP contribution < -0.4 is 16.0 Å². The number of hydrogen-bond donors (Lipinski definition) is 4. The van der Waals surface area contributed by atoms with Crippen molar-refractivity contribution in [2.24, 2.45) is 7.05 Å². The molecule has 3 aromatic heterocycles. The molecule has 33 heavy (non-hydrogen) atoms. The summed E-state index contributed by atoms with van der Waals surface area (Å²) in [5, 5.41) is 22.4. The average molecular weight is 451 g/mol. The van der Waals surface area contributed by atoms with Crippen LogP contribution in [0.2, 0.25) is 0 Å². The predicted octanol–water partition coefficient (Wildman–Crippen LogP) is 1.37. The standard InChI is InChI=1S/C21H25N9O3/c1-21(2,33)10-25-19(31)16-15(9-30(3)29-16)28-20(32)17-18(26-13-6-22-11-23-7-13)24-8-14(27-17)12-4-5-12/h6-9,11-12,33H,4-5,10H2,1-3H3,(H,24,26)(H,25,31)(H,28,32). The van der Waals surface area contributed by atoms with Crippen LogP contribution in [0.1, 0.15) is 59.3 Å². The van der Waals surface area contributed by atoms with E-state index in [4.69, 9.17) is 0 Å². The Balaban J connectivity index is 1.59. The maximum atomic E-state index is 13.2. The molecule has 1 saturated carbocycles. The van der Waals surface area contributed by atoms with Crippen molar-refractivity contribution in [3.8, 4) is 0 Å². The van der Waals surface area contributed by atoms with E-state index in [1.54, 1.807) is 39.5 Å². The number of anilines is 3. The fourth-order valence-electron chi connectivity index (χ4n) is 3.04. The second-order valence-corrected chi connectivity index (χ2v) is 8.53. The number of carbonyl (C=O) groups excluding carboxylic acids is 2. The summed E-state index contributed by atoms with van der Waals surface area (Å²) >= 11 is 0. The molecule has 0 radical (unpaired) electrons. The van der Waals surface area contributed by atoms with Gasteiger partial charge in [-0.15, -0.1) is 0 Å². The molecule has 4 rings (SSSR count). The van der Waals surface area contributed by atoms with E-state index in [0.29, 0.717) is 11.6 Å². The Hall–Kier alpha value is -3.93. The van der Waals surface area contributed by atoms with Gasteiger partial charge in [0.1, 0.15) is 6.33 Å². The molecule has 3 heterocycles. The summed E-state index contributed by atoms with van der Waals surface area (Å²) in [6.07, 6.45) is 9.68. The van der Waals surface area contributed by atoms with Crippen LogP contribution in [0, 0.1) is 0 Å². The zero-order valence-corrected chi connectivity index (χ0v) is 18.5. The first-order chi connectivity index (χ1) is 15.7. The summed E-state index contributed by atoms with van der Waals surface area (Å²) in [7, 11) is 1.64. The highest BCUT2D eigenvalue weighted by molar-refractivity contribution is 6.09. The fourth-order valence-corrected chi connectivity index (χ4v) is 3.04. The zero-order valence-electron chi connectivity index (χ0n) is 18.5. The molecule has 0 aromatic carbocycles. The lowest BCUT2D eigenvalue weighted by Gasteiger charge is -2.17. The number of aliphatic hydroxyl groups is 1. The first kappa shape index (κ1) is 22.3. The third kappa shape index (κ3) is 5.66. The number of aryl methyl sites for hydroxylation is 1. The van der Waals surface area contributed by atoms with E-state index in [-0.39, 0.29) is 29.4 Å². The molecule has 12 nitrogen and oxygen atoms in total. The van der Waals surface area contributed by atoms with Crippen LogP contribution >= 0.6 is 0 Å². The maximum absolute atomic E-state index is 13.2. The molecule has 2 amide bonds. The van der Waals surface area contributed by atoms with Crippen molar-refractivity contribution < 1.29 is 14.7 Å². The maximum Gasteiger partial charge on any atom is 0.278 e. The Morgan fingerprint density at radius 1 is 1.15 bits per heavy atom. The number of nitrogens with zero attached hydrogens (tertiary/aromatic N) is 6. The van der Waals surface area contributed by atoms with Gasteiger partial charge in [0.15, 0.2) is 17.2 Å². The molecule has 0 unspecified atom stereocenters. The summed E-state index contributed by atoms with van der Waals surface area (Å²) in [6.45, 7) is 3.18. The van der Waals surface area contributed by atoms with Gasteiger partial charge in [0.25, 0.3) is 11.8 Å². The van der Waals surface area contributed by atoms with Gasteiger partial charge in [-0.25, -0.2) is 19.9 Å². The lowest BCUT2D eigenvalue weighted by atomic mass is 10.1. The Kier molecular flexibility index (Phi) is 6.01. The quantitative estimate of drug-likeness (QED) is 0.396. The van der Waals surface area contributed by atoms with E-state index in [0.717, 1.165) is 18.5 Å². The Morgan fingerprint density at radius 2 is 1.88 bits per heavy atom. The van der Waals surface area contributed by atoms with Crippen molar-refractivity contribution in [1.82, 2.24) is 35.0 Å². The molecular weight excluding hydrogens is 426 g/mol. The molecule has 4 N–H and O–H groups in total. The topological polar surface area (TPSA) is 160 Å². The smallest absolute Gasteiger partial charge is 0.278 e. The summed E-state index contributed by atoms with van der Waals surface area (Å²) in [4.78, 5) is 42.7. The highest BCUT2D eigenvalue weighted by atomic mass is 16.3. The number of nitrogens with one attached hydrogen (secondary N) is 3. The molecule has 1 aliphatic rings. The van der Waals surface area contributed by atoms with Crippen LogP contribution in [0.15, 0.2) is 31.1 Å². The largest absolute Gasteiger partial charge is 0.389 e. The van der Waals surface area contributed by atoms with E-state index in [1.807, 2.05) is 0 Å². The van der Waals surface area contributed by atoms with Crippen LogP contribution in [0.25, 0.3) is 0 Å². The molecule has 0 aliphatic heterocycles. The van der Waals surface area contributed by atoms with Crippen LogP contribution in [0.5, 0.6) is 0 Å². The second-order valence-electron chi connectivity index (χ2n) is 8.53. The van der Waals surface area contributed by atoms with Crippen LogP contribution in [-0.4, -0.2) is 58.8 Å². The van der Waals surface area contributed by atoms with E-state index >= 15 is 0 Å². The predicted molar refractivity (Wildman–Crippen MR) is 119 cm³/mol. The number of carbonyl (C=O) groups is 2. The van der Waals surface area contributed by atoms with Gasteiger partial charge in [0.2, 0.25) is 0 Å². The van der Waals surface area contributed by atoms with Gasteiger partial charge >= 0.3 is 0 Å². The third-order valence-electron chi connectivity index (χ3n) is 4.80. The van der Waals surface area contributed by atoms with Crippen molar-refractivity contribution in [3.63, 3.8) is 0 Å². The fraction of sp³-hybridized carbons (Fsp3) is 0.381. The summed E-state index contributed by atoms with van der Waals surface area (Å²) in [6, 6.07) is 0. The van der Waals surface area contributed by atoms with Crippen molar-refractivity contribution in [2.45, 2.75) is 38.2 Å². The molecule has 0 saturated heterocycles. The highest BCUT2D eigenvalue weighted by Crippen LogP contribution is 2.39. The normalized spacial score (nSPS) is 13.5. The van der Waals surface area contributed by atoms with Gasteiger partial charge in [-0.05, 0) is 26.7 Å². The molecule has 1 aliphatic carbocycles. The van der Waals surface area contributed by atoms with E-state index in [2.05, 4.69) is 41.0 Å². The van der Waals surface area contributed by atoms with Crippen LogP contribution in [0.4, 0.5) is 17.2 Å². The van der Waals surface area contributed by atoms with Gasteiger partial charge in [-0.1, -0.05) is 0 Å². The van der Waals surface area contributed by atoms with Crippen molar-refractivity contribution in [2.75, 3.05) is 17.2 Å². The van der Waals surface area contributed by atoms with Crippen molar-refractivity contribution >= 4 is 29.0 Å². The van der Waals surface area contributed by atoms with Gasteiger partial charge in [0.05, 0.1) is 41.3 Å². The summed E-state index contributed by atoms with van der Waals surface area (Å²) in [5.41, 5.74) is 0.511. The molecule has 0 atom stereocenters. The van der Waals surface area contributed by atoms with E-state index in [9.17, 15) is 14.7 Å². The first-order valence-electron chi connectivity index (χ1n) is 10.4. The SMILES string of the molecule is Cn1cc(NC(=O)c2nc(C3CC3)cnc2Nc2cncnc2)c(C(=O)NCC(C)(C)O)n1. The minimum absolute atomic E-state index is 0.0207. The lowest BCUT2D eigenvalue weighted by molar-refractivity contribution is 0.0692. The Bertz CT molecular complexity index is 1170. The van der Waals surface area contributed by atoms with Gasteiger partial charge in [-0.2, -0.15) is 5.10 Å². The second kappa shape index (κ2) is 8.90. The van der Waals surface area contributed by atoms with E-state index < -0.39 is 17.4 Å². The lowest BCUT2D eigenvalue weighted by Crippen LogP contribution is -2.38. The number of rotatable bonds is 8. The first-order valence-corrected chi connectivity index (χ1v) is 10.4. The number of hydrogen-bond acceptors (Lipinski definition) is 9. The molecule has 12 heteroatoms. The average Bonchev–Trinajstić information content (AvgIpc) is 3.55. The van der Waals surface area contributed by atoms with Gasteiger partial charge in [-0.3, -0.25) is 14.3 Å². The highest BCUT2D eigenvalue weighted by Gasteiger charge is 2.28.